The molecule has 4 rings (SSSR count). The highest BCUT2D eigenvalue weighted by atomic mass is 16.5. The molecule has 4 amide bonds. The number of aromatic hydroxyl groups is 1. The van der Waals surface area contributed by atoms with Gasteiger partial charge in [-0.05, 0) is 36.6 Å². The zero-order valence-electron chi connectivity index (χ0n) is 24.5. The predicted octanol–water partition coefficient (Wildman–Crippen LogP) is 0.880. The van der Waals surface area contributed by atoms with Crippen molar-refractivity contribution in [2.45, 2.75) is 58.3 Å². The number of hydrogen-bond donors (Lipinski definition) is 6. The Morgan fingerprint density at radius 2 is 1.70 bits per heavy atom. The number of amides is 4. The summed E-state index contributed by atoms with van der Waals surface area (Å²) in [6.45, 7) is 6.21. The number of fused-ring (bicyclic) bond motifs is 2. The van der Waals surface area contributed by atoms with Crippen LogP contribution in [0.3, 0.4) is 0 Å². The molecule has 0 unspecified atom stereocenters. The second kappa shape index (κ2) is 14.5. The highest BCUT2D eigenvalue weighted by Gasteiger charge is 2.41. The van der Waals surface area contributed by atoms with E-state index in [1.807, 2.05) is 0 Å². The molecule has 2 heterocycles. The Kier molecular flexibility index (Phi) is 11.1. The first-order valence-electron chi connectivity index (χ1n) is 13.9. The molecule has 6 N–H and O–H groups in total. The lowest BCUT2D eigenvalue weighted by atomic mass is 9.99. The molecule has 0 bridgehead atoms. The van der Waals surface area contributed by atoms with Crippen molar-refractivity contribution in [1.82, 2.24) is 20.9 Å². The molecule has 0 radical (unpaired) electrons. The number of carbonyl (C=O) groups is 5. The predicted molar refractivity (Wildman–Crippen MR) is 155 cm³/mol. The molecule has 13 nitrogen and oxygen atoms in total. The number of phenols is 1. The number of carboxylic acids is 1. The lowest BCUT2D eigenvalue weighted by Gasteiger charge is -2.29. The maximum Gasteiger partial charge on any atom is 0.300 e. The minimum absolute atomic E-state index is 0.0232. The molecule has 0 saturated carbocycles. The average Bonchev–Trinajstić information content (AvgIpc) is 3.34. The number of phenolic OH excluding ortho intramolecular Hbond substituents is 1. The van der Waals surface area contributed by atoms with Crippen molar-refractivity contribution in [3.63, 3.8) is 0 Å². The largest absolute Gasteiger partial charge is 0.507 e. The van der Waals surface area contributed by atoms with E-state index in [2.05, 4.69) is 16.0 Å². The van der Waals surface area contributed by atoms with Crippen molar-refractivity contribution in [3.05, 3.63) is 48.0 Å². The molecule has 0 aromatic heterocycles. The van der Waals surface area contributed by atoms with Crippen molar-refractivity contribution in [1.29, 1.82) is 0 Å². The fourth-order valence-corrected chi connectivity index (χ4v) is 4.85. The summed E-state index contributed by atoms with van der Waals surface area (Å²) in [6, 6.07) is 8.73. The van der Waals surface area contributed by atoms with E-state index in [9.17, 15) is 29.4 Å². The van der Waals surface area contributed by atoms with Gasteiger partial charge in [0.05, 0.1) is 18.2 Å². The number of hydrogen-bond acceptors (Lipinski definition) is 8. The van der Waals surface area contributed by atoms with Crippen LogP contribution in [-0.2, 0) is 19.2 Å². The summed E-state index contributed by atoms with van der Waals surface area (Å²) in [4.78, 5) is 63.0. The Bertz CT molecular complexity index is 1360. The van der Waals surface area contributed by atoms with E-state index in [0.29, 0.717) is 11.1 Å². The molecule has 43 heavy (non-hydrogen) atoms. The van der Waals surface area contributed by atoms with Gasteiger partial charge in [-0.3, -0.25) is 24.0 Å². The highest BCUT2D eigenvalue weighted by molar-refractivity contribution is 6.01. The van der Waals surface area contributed by atoms with Crippen LogP contribution >= 0.6 is 0 Å². The standard InChI is InChI=1S/C28H34N4O7.C2H4O2/c1-15(2)24-27(37)30-16(3)28(38)32-14-18(33)13-21(32)26(36)29-10-11-39-23-9-8-17(12-20(23)25(35)31-24)19-6-4-5-7-22(19)34;1-2(3)4/h4-9,12,15-16,18,21,24,33-34H,10-11,13-14H2,1-3H3,(H,29,36)(H,30,37)(H,31,35);1H3,(H,3,4)/t16-,18+,21+,24+;/m1./s1. The molecule has 1 fully saturated rings. The molecule has 2 aromatic rings. The van der Waals surface area contributed by atoms with Crippen LogP contribution in [0.25, 0.3) is 11.1 Å². The van der Waals surface area contributed by atoms with Gasteiger partial charge >= 0.3 is 0 Å². The van der Waals surface area contributed by atoms with Crippen molar-refractivity contribution in [3.8, 4) is 22.6 Å². The van der Waals surface area contributed by atoms with Crippen LogP contribution < -0.4 is 20.7 Å². The van der Waals surface area contributed by atoms with Crippen molar-refractivity contribution >= 4 is 29.6 Å². The van der Waals surface area contributed by atoms with Gasteiger partial charge in [-0.2, -0.15) is 0 Å². The van der Waals surface area contributed by atoms with E-state index >= 15 is 0 Å². The molecule has 232 valence electrons. The number of nitrogens with zero attached hydrogens (tertiary/aromatic N) is 1. The van der Waals surface area contributed by atoms with Gasteiger partial charge < -0.3 is 40.9 Å². The molecule has 2 aromatic carbocycles. The molecular weight excluding hydrogens is 560 g/mol. The summed E-state index contributed by atoms with van der Waals surface area (Å²) in [5, 5.41) is 36.0. The molecule has 4 atom stereocenters. The first-order valence-corrected chi connectivity index (χ1v) is 13.9. The number of aliphatic hydroxyl groups is 1. The first-order chi connectivity index (χ1) is 20.3. The Balaban J connectivity index is 0.00000119. The molecule has 0 spiro atoms. The summed E-state index contributed by atoms with van der Waals surface area (Å²) in [7, 11) is 0. The fourth-order valence-electron chi connectivity index (χ4n) is 4.85. The third-order valence-electron chi connectivity index (χ3n) is 6.93. The number of carboxylic acid groups (broad SMARTS) is 1. The second-order valence-electron chi connectivity index (χ2n) is 10.7. The number of para-hydroxylation sites is 1. The van der Waals surface area contributed by atoms with Gasteiger partial charge in [0.25, 0.3) is 11.9 Å². The van der Waals surface area contributed by atoms with Crippen molar-refractivity contribution in [2.24, 2.45) is 5.92 Å². The highest BCUT2D eigenvalue weighted by Crippen LogP contribution is 2.32. The average molecular weight is 599 g/mol. The van der Waals surface area contributed by atoms with Crippen LogP contribution in [0.15, 0.2) is 42.5 Å². The number of ether oxygens (including phenoxy) is 1. The number of aliphatic hydroxyl groups excluding tert-OH is 1. The lowest BCUT2D eigenvalue weighted by Crippen LogP contribution is -2.57. The minimum Gasteiger partial charge on any atom is -0.507 e. The van der Waals surface area contributed by atoms with Gasteiger partial charge in [0, 0.05) is 25.5 Å². The maximum atomic E-state index is 13.5. The van der Waals surface area contributed by atoms with Crippen molar-refractivity contribution in [2.75, 3.05) is 19.7 Å². The van der Waals surface area contributed by atoms with E-state index in [-0.39, 0.29) is 49.1 Å². The number of aliphatic carboxylic acids is 1. The van der Waals surface area contributed by atoms with Gasteiger partial charge in [-0.1, -0.05) is 38.1 Å². The third kappa shape index (κ3) is 8.44. The van der Waals surface area contributed by atoms with Gasteiger partial charge in [0.2, 0.25) is 17.7 Å². The Morgan fingerprint density at radius 3 is 2.35 bits per heavy atom. The van der Waals surface area contributed by atoms with Crippen LogP contribution in [0, 0.1) is 5.92 Å². The Hall–Kier alpha value is -4.65. The van der Waals surface area contributed by atoms with Crippen LogP contribution in [-0.4, -0.2) is 93.7 Å². The Morgan fingerprint density at radius 1 is 1.02 bits per heavy atom. The lowest BCUT2D eigenvalue weighted by molar-refractivity contribution is -0.141. The van der Waals surface area contributed by atoms with Crippen LogP contribution in [0.2, 0.25) is 0 Å². The molecule has 2 aliphatic heterocycles. The fraction of sp³-hybridized carbons (Fsp3) is 0.433. The minimum atomic E-state index is -0.993. The Labute approximate surface area is 249 Å². The van der Waals surface area contributed by atoms with E-state index in [0.717, 1.165) is 6.92 Å². The summed E-state index contributed by atoms with van der Waals surface area (Å²) in [5.74, 6) is -2.97. The van der Waals surface area contributed by atoms with Crippen LogP contribution in [0.4, 0.5) is 0 Å². The summed E-state index contributed by atoms with van der Waals surface area (Å²) in [5.41, 5.74) is 1.22. The number of carbonyl (C=O) groups excluding carboxylic acids is 4. The van der Waals surface area contributed by atoms with E-state index < -0.39 is 53.8 Å². The topological polar surface area (TPSA) is 195 Å². The number of nitrogens with one attached hydrogen (secondary N) is 3. The molecule has 1 saturated heterocycles. The van der Waals surface area contributed by atoms with Gasteiger partial charge in [0.15, 0.2) is 0 Å². The zero-order chi connectivity index (χ0) is 31.8. The van der Waals surface area contributed by atoms with Gasteiger partial charge in [0.1, 0.15) is 36.2 Å². The third-order valence-corrected chi connectivity index (χ3v) is 6.93. The van der Waals surface area contributed by atoms with E-state index in [1.54, 1.807) is 50.2 Å². The summed E-state index contributed by atoms with van der Waals surface area (Å²) < 4.78 is 5.85. The van der Waals surface area contributed by atoms with E-state index in [1.165, 1.54) is 17.9 Å². The summed E-state index contributed by atoms with van der Waals surface area (Å²) >= 11 is 0. The zero-order valence-corrected chi connectivity index (χ0v) is 24.5. The molecular formula is C30H38N4O9. The van der Waals surface area contributed by atoms with Gasteiger partial charge in [-0.15, -0.1) is 0 Å². The monoisotopic (exact) mass is 598 g/mol. The second-order valence-corrected chi connectivity index (χ2v) is 10.7. The SMILES string of the molecule is CC(=O)O.CC(C)[C@@H]1NC(=O)c2cc(-c3ccccc3O)ccc2OCCNC(=O)[C@@H]2C[C@H](O)CN2C(=O)[C@@H](C)NC1=O. The molecule has 13 heteroatoms. The van der Waals surface area contributed by atoms with Crippen LogP contribution in [0.1, 0.15) is 44.5 Å². The van der Waals surface area contributed by atoms with Crippen molar-refractivity contribution < 1.29 is 44.0 Å². The molecule has 0 aliphatic carbocycles. The summed E-state index contributed by atoms with van der Waals surface area (Å²) in [6.07, 6.45) is -0.777. The smallest absolute Gasteiger partial charge is 0.300 e. The maximum absolute atomic E-state index is 13.5. The number of benzene rings is 2. The number of rotatable bonds is 2. The van der Waals surface area contributed by atoms with Crippen LogP contribution in [0.5, 0.6) is 11.5 Å². The quantitative estimate of drug-likeness (QED) is 0.291. The first kappa shape index (κ1) is 32.9. The normalized spacial score (nSPS) is 23.1. The molecule has 2 aliphatic rings. The van der Waals surface area contributed by atoms with Gasteiger partial charge in [-0.25, -0.2) is 0 Å². The van der Waals surface area contributed by atoms with E-state index in [4.69, 9.17) is 14.6 Å².